The van der Waals surface area contributed by atoms with Crippen molar-refractivity contribution in [3.05, 3.63) is 29.8 Å². The third kappa shape index (κ3) is 4.31. The number of benzene rings is 1. The summed E-state index contributed by atoms with van der Waals surface area (Å²) in [7, 11) is 1.85. The van der Waals surface area contributed by atoms with E-state index in [0.29, 0.717) is 12.5 Å². The standard InChI is InChI=1S/C15H25NO2/c1-12(2)13-5-7-14(8-6-13)18-10-9-15(3,11-17)16-4/h5-8,12,16-17H,9-11H2,1-4H3. The summed E-state index contributed by atoms with van der Waals surface area (Å²) in [6, 6.07) is 8.21. The first-order valence-corrected chi connectivity index (χ1v) is 6.53. The van der Waals surface area contributed by atoms with Crippen LogP contribution in [0.25, 0.3) is 0 Å². The summed E-state index contributed by atoms with van der Waals surface area (Å²) in [4.78, 5) is 0. The SMILES string of the molecule is CNC(C)(CO)CCOc1ccc(C(C)C)cc1. The fourth-order valence-corrected chi connectivity index (χ4v) is 1.63. The summed E-state index contributed by atoms with van der Waals surface area (Å²) < 4.78 is 5.69. The Morgan fingerprint density at radius 1 is 1.28 bits per heavy atom. The molecule has 1 aromatic carbocycles. The molecule has 1 atom stereocenters. The molecule has 0 saturated carbocycles. The monoisotopic (exact) mass is 251 g/mol. The summed E-state index contributed by atoms with van der Waals surface area (Å²) in [5, 5.41) is 12.4. The summed E-state index contributed by atoms with van der Waals surface area (Å²) in [6.07, 6.45) is 0.770. The summed E-state index contributed by atoms with van der Waals surface area (Å²) in [5.41, 5.74) is 1.05. The molecule has 3 nitrogen and oxygen atoms in total. The number of hydrogen-bond acceptors (Lipinski definition) is 3. The molecule has 0 amide bonds. The largest absolute Gasteiger partial charge is 0.494 e. The van der Waals surface area contributed by atoms with Crippen LogP contribution in [0.4, 0.5) is 0 Å². The van der Waals surface area contributed by atoms with Crippen molar-refractivity contribution in [2.75, 3.05) is 20.3 Å². The second-order valence-corrected chi connectivity index (χ2v) is 5.29. The number of likely N-dealkylation sites (N-methyl/N-ethyl adjacent to an activating group) is 1. The van der Waals surface area contributed by atoms with Gasteiger partial charge in [0.05, 0.1) is 13.2 Å². The van der Waals surface area contributed by atoms with Gasteiger partial charge in [-0.1, -0.05) is 26.0 Å². The molecule has 0 saturated heterocycles. The van der Waals surface area contributed by atoms with Crippen LogP contribution in [0.2, 0.25) is 0 Å². The molecule has 2 N–H and O–H groups in total. The van der Waals surface area contributed by atoms with Crippen LogP contribution in [0.5, 0.6) is 5.75 Å². The van der Waals surface area contributed by atoms with E-state index in [2.05, 4.69) is 31.3 Å². The highest BCUT2D eigenvalue weighted by Crippen LogP contribution is 2.19. The summed E-state index contributed by atoms with van der Waals surface area (Å²) in [6.45, 7) is 7.04. The lowest BCUT2D eigenvalue weighted by molar-refractivity contribution is 0.151. The zero-order valence-corrected chi connectivity index (χ0v) is 11.9. The van der Waals surface area contributed by atoms with Crippen LogP contribution in [-0.2, 0) is 0 Å². The Hall–Kier alpha value is -1.06. The van der Waals surface area contributed by atoms with Crippen LogP contribution >= 0.6 is 0 Å². The predicted octanol–water partition coefficient (Wildman–Crippen LogP) is 2.55. The number of hydrogen-bond donors (Lipinski definition) is 2. The van der Waals surface area contributed by atoms with Crippen molar-refractivity contribution in [1.82, 2.24) is 5.32 Å². The maximum atomic E-state index is 9.26. The Morgan fingerprint density at radius 2 is 1.89 bits per heavy atom. The molecule has 0 fully saturated rings. The molecule has 0 aliphatic rings. The molecule has 0 radical (unpaired) electrons. The van der Waals surface area contributed by atoms with Crippen molar-refractivity contribution in [2.24, 2.45) is 0 Å². The molecule has 3 heteroatoms. The molecule has 1 aromatic rings. The summed E-state index contributed by atoms with van der Waals surface area (Å²) in [5.74, 6) is 1.43. The normalized spacial score (nSPS) is 14.6. The Bertz CT molecular complexity index is 342. The van der Waals surface area contributed by atoms with E-state index in [4.69, 9.17) is 4.74 Å². The van der Waals surface area contributed by atoms with E-state index >= 15 is 0 Å². The van der Waals surface area contributed by atoms with Gasteiger partial charge in [-0.25, -0.2) is 0 Å². The van der Waals surface area contributed by atoms with Crippen molar-refractivity contribution in [3.63, 3.8) is 0 Å². The first kappa shape index (κ1) is 15.0. The van der Waals surface area contributed by atoms with Crippen molar-refractivity contribution < 1.29 is 9.84 Å². The quantitative estimate of drug-likeness (QED) is 0.782. The summed E-state index contributed by atoms with van der Waals surface area (Å²) >= 11 is 0. The van der Waals surface area contributed by atoms with Crippen LogP contribution in [-0.4, -0.2) is 30.9 Å². The lowest BCUT2D eigenvalue weighted by atomic mass is 10.0. The van der Waals surface area contributed by atoms with Crippen LogP contribution in [0.15, 0.2) is 24.3 Å². The predicted molar refractivity (Wildman–Crippen MR) is 75.2 cm³/mol. The number of rotatable bonds is 7. The van der Waals surface area contributed by atoms with Gasteiger partial charge in [0.25, 0.3) is 0 Å². The number of nitrogens with one attached hydrogen (secondary N) is 1. The van der Waals surface area contributed by atoms with E-state index < -0.39 is 0 Å². The number of ether oxygens (including phenoxy) is 1. The highest BCUT2D eigenvalue weighted by Gasteiger charge is 2.20. The van der Waals surface area contributed by atoms with Crippen LogP contribution in [0, 0.1) is 0 Å². The average Bonchev–Trinajstić information content (AvgIpc) is 2.39. The van der Waals surface area contributed by atoms with E-state index in [1.165, 1.54) is 5.56 Å². The van der Waals surface area contributed by atoms with Gasteiger partial charge < -0.3 is 15.2 Å². The minimum atomic E-state index is -0.266. The first-order chi connectivity index (χ1) is 8.50. The van der Waals surface area contributed by atoms with Gasteiger partial charge in [-0.05, 0) is 37.6 Å². The molecular formula is C15H25NO2. The minimum absolute atomic E-state index is 0.110. The van der Waals surface area contributed by atoms with Gasteiger partial charge in [0.2, 0.25) is 0 Å². The molecule has 0 spiro atoms. The van der Waals surface area contributed by atoms with Crippen molar-refractivity contribution in [3.8, 4) is 5.75 Å². The van der Waals surface area contributed by atoms with Gasteiger partial charge in [0.15, 0.2) is 0 Å². The van der Waals surface area contributed by atoms with Crippen molar-refractivity contribution in [1.29, 1.82) is 0 Å². The zero-order valence-electron chi connectivity index (χ0n) is 11.9. The van der Waals surface area contributed by atoms with Gasteiger partial charge in [0.1, 0.15) is 5.75 Å². The Balaban J connectivity index is 2.44. The maximum Gasteiger partial charge on any atom is 0.119 e. The van der Waals surface area contributed by atoms with Crippen LogP contribution < -0.4 is 10.1 Å². The van der Waals surface area contributed by atoms with Gasteiger partial charge in [-0.15, -0.1) is 0 Å². The number of aliphatic hydroxyl groups excluding tert-OH is 1. The molecule has 0 aromatic heterocycles. The van der Waals surface area contributed by atoms with E-state index in [1.807, 2.05) is 26.1 Å². The highest BCUT2D eigenvalue weighted by molar-refractivity contribution is 5.28. The van der Waals surface area contributed by atoms with Crippen molar-refractivity contribution in [2.45, 2.75) is 38.6 Å². The first-order valence-electron chi connectivity index (χ1n) is 6.53. The topological polar surface area (TPSA) is 41.5 Å². The van der Waals surface area contributed by atoms with Gasteiger partial charge in [-0.3, -0.25) is 0 Å². The molecule has 1 rings (SSSR count). The third-order valence-electron chi connectivity index (χ3n) is 3.42. The lowest BCUT2D eigenvalue weighted by Crippen LogP contribution is -2.44. The molecule has 102 valence electrons. The Kier molecular flexibility index (Phi) is 5.63. The zero-order chi connectivity index (χ0) is 13.6. The Morgan fingerprint density at radius 3 is 2.33 bits per heavy atom. The highest BCUT2D eigenvalue weighted by atomic mass is 16.5. The Labute approximate surface area is 110 Å². The maximum absolute atomic E-state index is 9.26. The molecule has 0 heterocycles. The van der Waals surface area contributed by atoms with Gasteiger partial charge in [-0.2, -0.15) is 0 Å². The smallest absolute Gasteiger partial charge is 0.119 e. The fourth-order valence-electron chi connectivity index (χ4n) is 1.63. The number of aliphatic hydroxyl groups is 1. The molecular weight excluding hydrogens is 226 g/mol. The second kappa shape index (κ2) is 6.76. The lowest BCUT2D eigenvalue weighted by Gasteiger charge is -2.26. The minimum Gasteiger partial charge on any atom is -0.494 e. The van der Waals surface area contributed by atoms with E-state index in [1.54, 1.807) is 0 Å². The van der Waals surface area contributed by atoms with Crippen LogP contribution in [0.3, 0.4) is 0 Å². The van der Waals surface area contributed by atoms with E-state index in [-0.39, 0.29) is 12.1 Å². The molecule has 0 bridgehead atoms. The van der Waals surface area contributed by atoms with E-state index in [0.717, 1.165) is 12.2 Å². The van der Waals surface area contributed by atoms with E-state index in [9.17, 15) is 5.11 Å². The molecule has 0 aliphatic carbocycles. The average molecular weight is 251 g/mol. The van der Waals surface area contributed by atoms with Crippen molar-refractivity contribution >= 4 is 0 Å². The molecule has 18 heavy (non-hydrogen) atoms. The molecule has 0 aliphatic heterocycles. The van der Waals surface area contributed by atoms with Gasteiger partial charge >= 0.3 is 0 Å². The van der Waals surface area contributed by atoms with Gasteiger partial charge in [0, 0.05) is 12.0 Å². The fraction of sp³-hybridized carbons (Fsp3) is 0.600. The second-order valence-electron chi connectivity index (χ2n) is 5.29. The van der Waals surface area contributed by atoms with Crippen LogP contribution in [0.1, 0.15) is 38.7 Å². The third-order valence-corrected chi connectivity index (χ3v) is 3.42. The molecule has 1 unspecified atom stereocenters.